The summed E-state index contributed by atoms with van der Waals surface area (Å²) in [5.41, 5.74) is 11.3. The first-order valence-electron chi connectivity index (χ1n) is 8.89. The second-order valence-corrected chi connectivity index (χ2v) is 6.71. The SMILES string of the molecule is COc1cc(C2C=NNC2)cc2c(O)nc([C@@H](N)Cc3cccc(F)c3)nc12. The molecule has 2 heterocycles. The van der Waals surface area contributed by atoms with E-state index in [0.29, 0.717) is 29.6 Å². The molecule has 0 radical (unpaired) electrons. The summed E-state index contributed by atoms with van der Waals surface area (Å²) in [6.07, 6.45) is 2.15. The third kappa shape index (κ3) is 3.46. The Morgan fingerprint density at radius 2 is 2.18 bits per heavy atom. The lowest BCUT2D eigenvalue weighted by Gasteiger charge is -2.15. The molecule has 4 rings (SSSR count). The highest BCUT2D eigenvalue weighted by atomic mass is 19.1. The van der Waals surface area contributed by atoms with Crippen LogP contribution in [0.3, 0.4) is 0 Å². The van der Waals surface area contributed by atoms with E-state index in [4.69, 9.17) is 10.5 Å². The van der Waals surface area contributed by atoms with Crippen molar-refractivity contribution >= 4 is 17.1 Å². The molecule has 2 atom stereocenters. The van der Waals surface area contributed by atoms with Crippen LogP contribution in [-0.2, 0) is 6.42 Å². The fourth-order valence-corrected chi connectivity index (χ4v) is 3.32. The van der Waals surface area contributed by atoms with Crippen LogP contribution >= 0.6 is 0 Å². The van der Waals surface area contributed by atoms with Gasteiger partial charge < -0.3 is 21.0 Å². The molecule has 28 heavy (non-hydrogen) atoms. The smallest absolute Gasteiger partial charge is 0.222 e. The van der Waals surface area contributed by atoms with Crippen molar-refractivity contribution < 1.29 is 14.2 Å². The van der Waals surface area contributed by atoms with E-state index in [1.807, 2.05) is 18.3 Å². The van der Waals surface area contributed by atoms with Gasteiger partial charge in [0.05, 0.1) is 18.5 Å². The molecule has 1 aliphatic heterocycles. The van der Waals surface area contributed by atoms with Crippen LogP contribution in [0, 0.1) is 5.82 Å². The lowest BCUT2D eigenvalue weighted by Crippen LogP contribution is -2.17. The number of nitrogens with zero attached hydrogens (tertiary/aromatic N) is 3. The molecule has 1 unspecified atom stereocenters. The zero-order valence-electron chi connectivity index (χ0n) is 15.3. The first kappa shape index (κ1) is 18.1. The van der Waals surface area contributed by atoms with Crippen molar-refractivity contribution in [3.8, 4) is 11.6 Å². The maximum Gasteiger partial charge on any atom is 0.222 e. The van der Waals surface area contributed by atoms with Gasteiger partial charge in [0.1, 0.15) is 22.9 Å². The predicted octanol–water partition coefficient (Wildman–Crippen LogP) is 2.40. The number of aromatic nitrogens is 2. The molecule has 0 saturated heterocycles. The topological polar surface area (TPSA) is 106 Å². The van der Waals surface area contributed by atoms with Gasteiger partial charge in [0.2, 0.25) is 5.88 Å². The van der Waals surface area contributed by atoms with Crippen molar-refractivity contribution in [1.29, 1.82) is 0 Å². The number of halogens is 1. The molecule has 144 valence electrons. The number of methoxy groups -OCH3 is 1. The first-order chi connectivity index (χ1) is 13.5. The summed E-state index contributed by atoms with van der Waals surface area (Å²) in [7, 11) is 1.55. The predicted molar refractivity (Wildman–Crippen MR) is 104 cm³/mol. The third-order valence-electron chi connectivity index (χ3n) is 4.77. The second-order valence-electron chi connectivity index (χ2n) is 6.71. The quantitative estimate of drug-likeness (QED) is 0.627. The molecule has 0 fully saturated rings. The Morgan fingerprint density at radius 3 is 2.89 bits per heavy atom. The van der Waals surface area contributed by atoms with E-state index in [-0.39, 0.29) is 23.4 Å². The van der Waals surface area contributed by atoms with Crippen molar-refractivity contribution in [3.05, 3.63) is 59.2 Å². The van der Waals surface area contributed by atoms with Crippen LogP contribution in [0.1, 0.15) is 28.9 Å². The molecule has 0 aliphatic carbocycles. The minimum Gasteiger partial charge on any atom is -0.494 e. The number of benzene rings is 2. The summed E-state index contributed by atoms with van der Waals surface area (Å²) in [6, 6.07) is 9.31. The number of hydrogen-bond acceptors (Lipinski definition) is 7. The number of nitrogens with one attached hydrogen (secondary N) is 1. The molecular formula is C20H20FN5O2. The lowest BCUT2D eigenvalue weighted by molar-refractivity contribution is 0.416. The lowest BCUT2D eigenvalue weighted by atomic mass is 9.98. The van der Waals surface area contributed by atoms with Crippen LogP contribution < -0.4 is 15.9 Å². The minimum absolute atomic E-state index is 0.0765. The maximum absolute atomic E-state index is 13.4. The van der Waals surface area contributed by atoms with E-state index in [1.165, 1.54) is 12.1 Å². The van der Waals surface area contributed by atoms with Crippen molar-refractivity contribution in [2.75, 3.05) is 13.7 Å². The average Bonchev–Trinajstić information content (AvgIpc) is 3.22. The second kappa shape index (κ2) is 7.40. The summed E-state index contributed by atoms with van der Waals surface area (Å²) in [5, 5.41) is 15.0. The van der Waals surface area contributed by atoms with Crippen LogP contribution in [0.2, 0.25) is 0 Å². The standard InChI is InChI=1S/C20H20FN5O2/c1-28-17-8-12(13-9-23-24-10-13)7-15-18(17)25-19(26-20(15)27)16(22)6-11-3-2-4-14(21)5-11/h2-5,7-9,13,16,24H,6,10,22H2,1H3,(H,25,26,27)/t13?,16-/m0/s1. The third-order valence-corrected chi connectivity index (χ3v) is 4.77. The normalized spacial score (nSPS) is 16.9. The maximum atomic E-state index is 13.4. The van der Waals surface area contributed by atoms with Crippen molar-refractivity contribution in [1.82, 2.24) is 15.4 Å². The van der Waals surface area contributed by atoms with Gasteiger partial charge in [0.25, 0.3) is 0 Å². The molecule has 0 spiro atoms. The van der Waals surface area contributed by atoms with Gasteiger partial charge in [0.15, 0.2) is 0 Å². The van der Waals surface area contributed by atoms with Crippen molar-refractivity contribution in [3.63, 3.8) is 0 Å². The van der Waals surface area contributed by atoms with Gasteiger partial charge in [0, 0.05) is 18.7 Å². The molecule has 8 heteroatoms. The Bertz CT molecular complexity index is 1060. The van der Waals surface area contributed by atoms with Crippen LogP contribution in [0.25, 0.3) is 10.9 Å². The molecule has 4 N–H and O–H groups in total. The van der Waals surface area contributed by atoms with Gasteiger partial charge >= 0.3 is 0 Å². The highest BCUT2D eigenvalue weighted by Crippen LogP contribution is 2.34. The molecule has 7 nitrogen and oxygen atoms in total. The average molecular weight is 381 g/mol. The van der Waals surface area contributed by atoms with E-state index < -0.39 is 6.04 Å². The van der Waals surface area contributed by atoms with E-state index in [9.17, 15) is 9.50 Å². The molecule has 1 aliphatic rings. The molecular weight excluding hydrogens is 361 g/mol. The van der Waals surface area contributed by atoms with Gasteiger partial charge in [-0.05, 0) is 41.8 Å². The number of hydrogen-bond donors (Lipinski definition) is 3. The molecule has 3 aromatic rings. The Balaban J connectivity index is 1.72. The molecule has 0 bridgehead atoms. The fraction of sp³-hybridized carbons (Fsp3) is 0.250. The molecule has 0 saturated carbocycles. The largest absolute Gasteiger partial charge is 0.494 e. The highest BCUT2D eigenvalue weighted by molar-refractivity contribution is 5.90. The Labute approximate surface area is 161 Å². The fourth-order valence-electron chi connectivity index (χ4n) is 3.32. The monoisotopic (exact) mass is 381 g/mol. The Hall–Kier alpha value is -3.26. The zero-order valence-corrected chi connectivity index (χ0v) is 15.3. The van der Waals surface area contributed by atoms with Gasteiger partial charge in [-0.15, -0.1) is 0 Å². The number of rotatable bonds is 5. The Kier molecular flexibility index (Phi) is 4.79. The van der Waals surface area contributed by atoms with Crippen LogP contribution in [0.5, 0.6) is 11.6 Å². The zero-order chi connectivity index (χ0) is 19.7. The van der Waals surface area contributed by atoms with E-state index >= 15 is 0 Å². The van der Waals surface area contributed by atoms with Gasteiger partial charge in [-0.25, -0.2) is 9.37 Å². The molecule has 2 aromatic carbocycles. The first-order valence-corrected chi connectivity index (χ1v) is 8.89. The summed E-state index contributed by atoms with van der Waals surface area (Å²) < 4.78 is 18.9. The summed E-state index contributed by atoms with van der Waals surface area (Å²) in [4.78, 5) is 8.71. The number of aromatic hydroxyl groups is 1. The van der Waals surface area contributed by atoms with Crippen LogP contribution in [-0.4, -0.2) is 34.9 Å². The van der Waals surface area contributed by atoms with Gasteiger partial charge in [-0.3, -0.25) is 0 Å². The van der Waals surface area contributed by atoms with E-state index in [0.717, 1.165) is 11.1 Å². The molecule has 1 aromatic heterocycles. The number of fused-ring (bicyclic) bond motifs is 1. The van der Waals surface area contributed by atoms with Crippen molar-refractivity contribution in [2.45, 2.75) is 18.4 Å². The minimum atomic E-state index is -0.604. The van der Waals surface area contributed by atoms with Gasteiger partial charge in [-0.2, -0.15) is 10.1 Å². The van der Waals surface area contributed by atoms with Crippen molar-refractivity contribution in [2.24, 2.45) is 10.8 Å². The van der Waals surface area contributed by atoms with Crippen LogP contribution in [0.15, 0.2) is 41.5 Å². The summed E-state index contributed by atoms with van der Waals surface area (Å²) in [6.45, 7) is 0.673. The van der Waals surface area contributed by atoms with E-state index in [2.05, 4.69) is 20.5 Å². The van der Waals surface area contributed by atoms with Gasteiger partial charge in [-0.1, -0.05) is 12.1 Å². The highest BCUT2D eigenvalue weighted by Gasteiger charge is 2.20. The van der Waals surface area contributed by atoms with E-state index in [1.54, 1.807) is 19.2 Å². The summed E-state index contributed by atoms with van der Waals surface area (Å²) >= 11 is 0. The Morgan fingerprint density at radius 1 is 1.32 bits per heavy atom. The summed E-state index contributed by atoms with van der Waals surface area (Å²) in [5.74, 6) is 0.366. The number of hydrazone groups is 1. The number of nitrogens with two attached hydrogens (primary N) is 1. The molecule has 0 amide bonds. The number of ether oxygens (including phenoxy) is 1. The van der Waals surface area contributed by atoms with Crippen LogP contribution in [0.4, 0.5) is 4.39 Å².